The first-order valence-electron chi connectivity index (χ1n) is 7.91. The number of amides is 1. The third-order valence-corrected chi connectivity index (χ3v) is 7.48. The summed E-state index contributed by atoms with van der Waals surface area (Å²) in [6.45, 7) is 3.56. The second kappa shape index (κ2) is 6.98. The Morgan fingerprint density at radius 2 is 1.85 bits per heavy atom. The molecule has 1 heterocycles. The first-order chi connectivity index (χ1) is 12.2. The summed E-state index contributed by atoms with van der Waals surface area (Å²) in [6, 6.07) is 9.60. The van der Waals surface area contributed by atoms with Gasteiger partial charge in [0.05, 0.1) is 25.9 Å². The van der Waals surface area contributed by atoms with Gasteiger partial charge in [-0.1, -0.05) is 35.9 Å². The fourth-order valence-electron chi connectivity index (χ4n) is 2.64. The van der Waals surface area contributed by atoms with Crippen molar-refractivity contribution in [3.63, 3.8) is 0 Å². The number of fused-ring (bicyclic) bond motifs is 1. The lowest BCUT2D eigenvalue weighted by Crippen LogP contribution is -2.13. The standard InChI is InChI=1S/C18H17ClN2O3S2/c1-4-26(23,24)13-8-6-12(7-9-13)17(22)20-18-21(3)15-11(2)5-10-14(19)16(15)25-18/h5-10H,4H2,1-3H3. The Bertz CT molecular complexity index is 1170. The van der Waals surface area contributed by atoms with E-state index in [-0.39, 0.29) is 10.6 Å². The number of benzene rings is 2. The Hall–Kier alpha value is -1.96. The maximum Gasteiger partial charge on any atom is 0.279 e. The van der Waals surface area contributed by atoms with Crippen molar-refractivity contribution < 1.29 is 13.2 Å². The van der Waals surface area contributed by atoms with Gasteiger partial charge in [0.1, 0.15) is 0 Å². The van der Waals surface area contributed by atoms with Crippen LogP contribution in [0.5, 0.6) is 0 Å². The molecule has 3 rings (SSSR count). The molecule has 0 saturated carbocycles. The maximum atomic E-state index is 12.5. The zero-order valence-electron chi connectivity index (χ0n) is 14.5. The van der Waals surface area contributed by atoms with Crippen LogP contribution in [-0.4, -0.2) is 24.6 Å². The summed E-state index contributed by atoms with van der Waals surface area (Å²) in [5, 5.41) is 0.620. The minimum atomic E-state index is -3.29. The maximum absolute atomic E-state index is 12.5. The van der Waals surface area contributed by atoms with Gasteiger partial charge in [-0.05, 0) is 42.8 Å². The molecular weight excluding hydrogens is 392 g/mol. The van der Waals surface area contributed by atoms with Crippen molar-refractivity contribution in [2.24, 2.45) is 12.0 Å². The number of rotatable bonds is 3. The van der Waals surface area contributed by atoms with E-state index in [4.69, 9.17) is 11.6 Å². The summed E-state index contributed by atoms with van der Waals surface area (Å²) in [7, 11) is -1.45. The van der Waals surface area contributed by atoms with Gasteiger partial charge < -0.3 is 4.57 Å². The number of carbonyl (C=O) groups is 1. The lowest BCUT2D eigenvalue weighted by Gasteiger charge is -2.02. The van der Waals surface area contributed by atoms with Crippen LogP contribution in [0.25, 0.3) is 10.2 Å². The molecule has 136 valence electrons. The van der Waals surface area contributed by atoms with E-state index < -0.39 is 15.7 Å². The summed E-state index contributed by atoms with van der Waals surface area (Å²) in [4.78, 5) is 17.4. The Labute approximate surface area is 160 Å². The van der Waals surface area contributed by atoms with Crippen LogP contribution in [0.15, 0.2) is 46.3 Å². The molecule has 5 nitrogen and oxygen atoms in total. The van der Waals surface area contributed by atoms with E-state index in [1.54, 1.807) is 6.92 Å². The van der Waals surface area contributed by atoms with Crippen molar-refractivity contribution in [2.45, 2.75) is 18.7 Å². The topological polar surface area (TPSA) is 68.5 Å². The van der Waals surface area contributed by atoms with Gasteiger partial charge in [0.25, 0.3) is 5.91 Å². The number of carbonyl (C=O) groups excluding carboxylic acids is 1. The zero-order valence-corrected chi connectivity index (χ0v) is 16.9. The molecule has 0 aliphatic rings. The molecule has 0 N–H and O–H groups in total. The Kier molecular flexibility index (Phi) is 5.05. The van der Waals surface area contributed by atoms with Crippen molar-refractivity contribution in [2.75, 3.05) is 5.75 Å². The second-order valence-corrected chi connectivity index (χ2v) is 9.49. The molecule has 1 aromatic heterocycles. The molecule has 3 aromatic rings. The highest BCUT2D eigenvalue weighted by atomic mass is 35.5. The first kappa shape index (κ1) is 18.8. The summed E-state index contributed by atoms with van der Waals surface area (Å²) in [5.41, 5.74) is 2.32. The van der Waals surface area contributed by atoms with Crippen molar-refractivity contribution in [1.82, 2.24) is 4.57 Å². The van der Waals surface area contributed by atoms with E-state index in [9.17, 15) is 13.2 Å². The Morgan fingerprint density at radius 1 is 1.19 bits per heavy atom. The summed E-state index contributed by atoms with van der Waals surface area (Å²) in [5.74, 6) is -0.413. The summed E-state index contributed by atoms with van der Waals surface area (Å²) >= 11 is 7.60. The van der Waals surface area contributed by atoms with Gasteiger partial charge in [-0.25, -0.2) is 8.42 Å². The number of hydrogen-bond donors (Lipinski definition) is 0. The second-order valence-electron chi connectivity index (χ2n) is 5.83. The molecule has 0 bridgehead atoms. The number of aryl methyl sites for hydroxylation is 2. The average molecular weight is 409 g/mol. The third kappa shape index (κ3) is 3.34. The molecular formula is C18H17ClN2O3S2. The number of nitrogens with zero attached hydrogens (tertiary/aromatic N) is 2. The third-order valence-electron chi connectivity index (χ3n) is 4.14. The van der Waals surface area contributed by atoms with E-state index in [1.165, 1.54) is 35.6 Å². The van der Waals surface area contributed by atoms with Gasteiger partial charge in [0.2, 0.25) is 0 Å². The minimum Gasteiger partial charge on any atom is -0.319 e. The molecule has 0 aliphatic heterocycles. The normalized spacial score (nSPS) is 12.7. The number of thiazole rings is 1. The van der Waals surface area contributed by atoms with Crippen LogP contribution < -0.4 is 4.80 Å². The van der Waals surface area contributed by atoms with Gasteiger partial charge in [-0.15, -0.1) is 0 Å². The van der Waals surface area contributed by atoms with E-state index >= 15 is 0 Å². The lowest BCUT2D eigenvalue weighted by molar-refractivity contribution is 0.0998. The highest BCUT2D eigenvalue weighted by Gasteiger charge is 2.14. The largest absolute Gasteiger partial charge is 0.319 e. The van der Waals surface area contributed by atoms with Gasteiger partial charge >= 0.3 is 0 Å². The van der Waals surface area contributed by atoms with Crippen LogP contribution >= 0.6 is 22.9 Å². The highest BCUT2D eigenvalue weighted by molar-refractivity contribution is 7.91. The average Bonchev–Trinajstić information content (AvgIpc) is 2.96. The van der Waals surface area contributed by atoms with E-state index in [0.29, 0.717) is 15.4 Å². The van der Waals surface area contributed by atoms with Crippen LogP contribution in [0, 0.1) is 6.92 Å². The van der Waals surface area contributed by atoms with Gasteiger partial charge in [-0.2, -0.15) is 4.99 Å². The van der Waals surface area contributed by atoms with Crippen molar-refractivity contribution in [3.8, 4) is 0 Å². The van der Waals surface area contributed by atoms with Crippen LogP contribution in [0.1, 0.15) is 22.8 Å². The fourth-order valence-corrected chi connectivity index (χ4v) is 4.89. The van der Waals surface area contributed by atoms with Gasteiger partial charge in [0.15, 0.2) is 14.6 Å². The monoisotopic (exact) mass is 408 g/mol. The lowest BCUT2D eigenvalue weighted by atomic mass is 10.2. The zero-order chi connectivity index (χ0) is 19.1. The van der Waals surface area contributed by atoms with Crippen LogP contribution in [0.2, 0.25) is 5.02 Å². The highest BCUT2D eigenvalue weighted by Crippen LogP contribution is 2.28. The molecule has 26 heavy (non-hydrogen) atoms. The Balaban J connectivity index is 2.05. The summed E-state index contributed by atoms with van der Waals surface area (Å²) < 4.78 is 26.4. The Morgan fingerprint density at radius 3 is 2.42 bits per heavy atom. The van der Waals surface area contributed by atoms with E-state index in [2.05, 4.69) is 4.99 Å². The SMILES string of the molecule is CCS(=O)(=O)c1ccc(C(=O)N=c2sc3c(Cl)ccc(C)c3n2C)cc1. The number of halogens is 1. The molecule has 0 saturated heterocycles. The molecule has 0 unspecified atom stereocenters. The fraction of sp³-hybridized carbons (Fsp3) is 0.222. The molecule has 0 spiro atoms. The molecule has 1 amide bonds. The predicted molar refractivity (Wildman–Crippen MR) is 105 cm³/mol. The minimum absolute atomic E-state index is 0.0163. The van der Waals surface area contributed by atoms with E-state index in [1.807, 2.05) is 30.7 Å². The quantitative estimate of drug-likeness (QED) is 0.663. The van der Waals surface area contributed by atoms with Crippen molar-refractivity contribution in [1.29, 1.82) is 0 Å². The van der Waals surface area contributed by atoms with Crippen LogP contribution in [-0.2, 0) is 16.9 Å². The number of hydrogen-bond acceptors (Lipinski definition) is 4. The number of aromatic nitrogens is 1. The van der Waals surface area contributed by atoms with Gasteiger partial charge in [-0.3, -0.25) is 4.79 Å². The smallest absolute Gasteiger partial charge is 0.279 e. The van der Waals surface area contributed by atoms with Crippen molar-refractivity contribution in [3.05, 3.63) is 57.3 Å². The molecule has 2 aromatic carbocycles. The molecule has 0 atom stereocenters. The van der Waals surface area contributed by atoms with Gasteiger partial charge in [0, 0.05) is 12.6 Å². The molecule has 0 aliphatic carbocycles. The molecule has 0 fully saturated rings. The first-order valence-corrected chi connectivity index (χ1v) is 10.8. The van der Waals surface area contributed by atoms with E-state index in [0.717, 1.165) is 15.8 Å². The van der Waals surface area contributed by atoms with Crippen LogP contribution in [0.4, 0.5) is 0 Å². The van der Waals surface area contributed by atoms with Crippen LogP contribution in [0.3, 0.4) is 0 Å². The number of sulfone groups is 1. The summed E-state index contributed by atoms with van der Waals surface area (Å²) in [6.07, 6.45) is 0. The predicted octanol–water partition coefficient (Wildman–Crippen LogP) is 3.74. The molecule has 8 heteroatoms. The van der Waals surface area contributed by atoms with Crippen molar-refractivity contribution >= 4 is 48.9 Å². The molecule has 0 radical (unpaired) electrons.